The van der Waals surface area contributed by atoms with E-state index in [1.807, 2.05) is 0 Å². The fourth-order valence-corrected chi connectivity index (χ4v) is 4.66. The van der Waals surface area contributed by atoms with Crippen LogP contribution in [0.2, 0.25) is 0 Å². The smallest absolute Gasteiger partial charge is 0.317 e. The predicted molar refractivity (Wildman–Crippen MR) is 80.7 cm³/mol. The van der Waals surface area contributed by atoms with Crippen molar-refractivity contribution in [2.75, 3.05) is 0 Å². The molecular weight excluding hydrogens is 280 g/mol. The van der Waals surface area contributed by atoms with Crippen LogP contribution in [0.15, 0.2) is 12.2 Å². The minimum atomic E-state index is -0.573. The van der Waals surface area contributed by atoms with E-state index in [1.165, 1.54) is 5.57 Å². The van der Waals surface area contributed by atoms with E-state index in [0.717, 1.165) is 19.3 Å². The largest absolute Gasteiger partial charge is 0.393 e. The van der Waals surface area contributed by atoms with Crippen LogP contribution >= 0.6 is 0 Å². The molecule has 1 saturated heterocycles. The number of Topliss-reactive ketones (excluding diaryl/α,β-unsaturated/α-hetero) is 1. The number of fused-ring (bicyclic) bond motifs is 1. The molecule has 0 bridgehead atoms. The Labute approximate surface area is 131 Å². The van der Waals surface area contributed by atoms with E-state index in [4.69, 9.17) is 0 Å². The summed E-state index contributed by atoms with van der Waals surface area (Å²) in [6.07, 6.45) is 3.95. The Hall–Kier alpha value is -1.45. The molecule has 3 rings (SSSR count). The van der Waals surface area contributed by atoms with Gasteiger partial charge in [-0.25, -0.2) is 0 Å². The topological polar surface area (TPSA) is 60.4 Å². The van der Waals surface area contributed by atoms with Gasteiger partial charge in [0.15, 0.2) is 0 Å². The van der Waals surface area contributed by atoms with Crippen molar-refractivity contribution in [1.29, 1.82) is 0 Å². The van der Waals surface area contributed by atoms with Crippen LogP contribution in [0.5, 0.6) is 0 Å². The Kier molecular flexibility index (Phi) is 3.74. The van der Waals surface area contributed by atoms with Gasteiger partial charge in [-0.05, 0) is 42.9 Å². The highest BCUT2D eigenvalue weighted by Crippen LogP contribution is 2.56. The SMILES string of the molecule is C=C1CC[C@H]([C@@H]2CC(=O)OC2=O)C(=O)CC[C@@H]2[C@@H]1CC2(C)C. The molecule has 22 heavy (non-hydrogen) atoms. The van der Waals surface area contributed by atoms with Gasteiger partial charge in [-0.3, -0.25) is 14.4 Å². The Balaban J connectivity index is 1.77. The molecule has 0 N–H and O–H groups in total. The number of carbonyl (C=O) groups excluding carboxylic acids is 3. The van der Waals surface area contributed by atoms with Crippen LogP contribution in [-0.4, -0.2) is 17.7 Å². The molecule has 120 valence electrons. The highest BCUT2D eigenvalue weighted by Gasteiger charge is 2.49. The zero-order chi connectivity index (χ0) is 16.1. The van der Waals surface area contributed by atoms with E-state index < -0.39 is 17.9 Å². The number of hydrogen-bond acceptors (Lipinski definition) is 4. The lowest BCUT2D eigenvalue weighted by molar-refractivity contribution is -0.154. The van der Waals surface area contributed by atoms with Gasteiger partial charge in [0, 0.05) is 12.3 Å². The first-order valence-corrected chi connectivity index (χ1v) is 8.24. The summed E-state index contributed by atoms with van der Waals surface area (Å²) < 4.78 is 4.64. The molecule has 3 fully saturated rings. The maximum atomic E-state index is 12.6. The van der Waals surface area contributed by atoms with E-state index >= 15 is 0 Å². The second kappa shape index (κ2) is 5.32. The molecule has 0 amide bonds. The first-order valence-electron chi connectivity index (χ1n) is 8.24. The van der Waals surface area contributed by atoms with Crippen molar-refractivity contribution >= 4 is 17.7 Å². The van der Waals surface area contributed by atoms with Gasteiger partial charge in [-0.1, -0.05) is 26.0 Å². The molecule has 4 atom stereocenters. The molecular formula is C18H24O4. The van der Waals surface area contributed by atoms with Crippen molar-refractivity contribution in [1.82, 2.24) is 0 Å². The maximum Gasteiger partial charge on any atom is 0.317 e. The zero-order valence-electron chi connectivity index (χ0n) is 13.4. The second-order valence-electron chi connectivity index (χ2n) is 7.82. The van der Waals surface area contributed by atoms with E-state index in [1.54, 1.807) is 0 Å². The number of allylic oxidation sites excluding steroid dienone is 1. The van der Waals surface area contributed by atoms with Crippen molar-refractivity contribution in [3.63, 3.8) is 0 Å². The minimum Gasteiger partial charge on any atom is -0.393 e. The Morgan fingerprint density at radius 2 is 1.77 bits per heavy atom. The molecule has 0 spiro atoms. The third-order valence-electron chi connectivity index (χ3n) is 6.04. The molecule has 2 saturated carbocycles. The second-order valence-corrected chi connectivity index (χ2v) is 7.82. The minimum absolute atomic E-state index is 0.0556. The lowest BCUT2D eigenvalue weighted by atomic mass is 9.52. The van der Waals surface area contributed by atoms with Crippen LogP contribution in [0.3, 0.4) is 0 Å². The molecule has 4 heteroatoms. The fraction of sp³-hybridized carbons (Fsp3) is 0.722. The molecule has 0 radical (unpaired) electrons. The standard InChI is InChI=1S/C18H24O4/c1-10-4-5-11(12-8-16(20)22-17(12)21)15(19)7-6-14-13(10)9-18(14,2)3/h11-14H,1,4-9H2,2-3H3/t11-,12+,13-,14-/m1/s1. The van der Waals surface area contributed by atoms with E-state index in [0.29, 0.717) is 24.7 Å². The number of ether oxygens (including phenoxy) is 1. The maximum absolute atomic E-state index is 12.6. The van der Waals surface area contributed by atoms with Gasteiger partial charge in [0.25, 0.3) is 0 Å². The lowest BCUT2D eigenvalue weighted by Gasteiger charge is -2.52. The van der Waals surface area contributed by atoms with Crippen molar-refractivity contribution < 1.29 is 19.1 Å². The normalized spacial score (nSPS) is 38.5. The van der Waals surface area contributed by atoms with E-state index in [2.05, 4.69) is 25.2 Å². The number of carbonyl (C=O) groups is 3. The van der Waals surface area contributed by atoms with Gasteiger partial charge < -0.3 is 4.74 Å². The summed E-state index contributed by atoms with van der Waals surface area (Å²) in [4.78, 5) is 35.8. The Morgan fingerprint density at radius 1 is 1.05 bits per heavy atom. The van der Waals surface area contributed by atoms with Gasteiger partial charge in [0.05, 0.1) is 12.3 Å². The van der Waals surface area contributed by atoms with Crippen LogP contribution in [-0.2, 0) is 19.1 Å². The van der Waals surface area contributed by atoms with Crippen LogP contribution in [0.25, 0.3) is 0 Å². The summed E-state index contributed by atoms with van der Waals surface area (Å²) in [6, 6.07) is 0. The monoisotopic (exact) mass is 304 g/mol. The molecule has 1 heterocycles. The third-order valence-corrected chi connectivity index (χ3v) is 6.04. The van der Waals surface area contributed by atoms with Crippen molar-refractivity contribution in [3.05, 3.63) is 12.2 Å². The number of ketones is 1. The summed E-state index contributed by atoms with van der Waals surface area (Å²) in [5, 5.41) is 0. The molecule has 3 aliphatic rings. The number of rotatable bonds is 1. The predicted octanol–water partition coefficient (Wildman–Crippen LogP) is 3.05. The fourth-order valence-electron chi connectivity index (χ4n) is 4.66. The summed E-state index contributed by atoms with van der Waals surface area (Å²) in [5.74, 6) is -0.821. The van der Waals surface area contributed by atoms with Crippen LogP contribution in [0.1, 0.15) is 52.4 Å². The summed E-state index contributed by atoms with van der Waals surface area (Å²) in [6.45, 7) is 8.75. The third kappa shape index (κ3) is 2.53. The van der Waals surface area contributed by atoms with Crippen molar-refractivity contribution in [3.8, 4) is 0 Å². The van der Waals surface area contributed by atoms with Gasteiger partial charge in [0.1, 0.15) is 5.78 Å². The Morgan fingerprint density at radius 3 is 2.36 bits per heavy atom. The number of cyclic esters (lactones) is 2. The van der Waals surface area contributed by atoms with Crippen LogP contribution < -0.4 is 0 Å². The quantitative estimate of drug-likeness (QED) is 0.424. The lowest BCUT2D eigenvalue weighted by Crippen LogP contribution is -2.44. The van der Waals surface area contributed by atoms with Crippen LogP contribution in [0, 0.1) is 29.1 Å². The molecule has 4 nitrogen and oxygen atoms in total. The molecule has 1 aliphatic heterocycles. The first kappa shape index (κ1) is 15.4. The average Bonchev–Trinajstić information content (AvgIpc) is 2.76. The summed E-state index contributed by atoms with van der Waals surface area (Å²) >= 11 is 0. The highest BCUT2D eigenvalue weighted by molar-refractivity contribution is 5.98. The van der Waals surface area contributed by atoms with E-state index in [9.17, 15) is 14.4 Å². The number of hydrogen-bond donors (Lipinski definition) is 0. The van der Waals surface area contributed by atoms with Crippen molar-refractivity contribution in [2.24, 2.45) is 29.1 Å². The molecule has 0 unspecified atom stereocenters. The van der Waals surface area contributed by atoms with Crippen molar-refractivity contribution in [2.45, 2.75) is 52.4 Å². The van der Waals surface area contributed by atoms with Crippen LogP contribution in [0.4, 0.5) is 0 Å². The summed E-state index contributed by atoms with van der Waals surface area (Å²) in [5.41, 5.74) is 1.48. The Bertz CT molecular complexity index is 545. The molecule has 0 aromatic heterocycles. The molecule has 2 aliphatic carbocycles. The van der Waals surface area contributed by atoms with Gasteiger partial charge >= 0.3 is 11.9 Å². The summed E-state index contributed by atoms with van der Waals surface area (Å²) in [7, 11) is 0. The zero-order valence-corrected chi connectivity index (χ0v) is 13.4. The number of esters is 2. The van der Waals surface area contributed by atoms with Gasteiger partial charge in [0.2, 0.25) is 0 Å². The first-order chi connectivity index (χ1) is 10.3. The average molecular weight is 304 g/mol. The molecule has 0 aromatic carbocycles. The molecule has 0 aromatic rings. The van der Waals surface area contributed by atoms with E-state index in [-0.39, 0.29) is 23.5 Å². The van der Waals surface area contributed by atoms with Gasteiger partial charge in [-0.2, -0.15) is 0 Å². The highest BCUT2D eigenvalue weighted by atomic mass is 16.6. The van der Waals surface area contributed by atoms with Gasteiger partial charge in [-0.15, -0.1) is 0 Å².